The first-order valence-electron chi connectivity index (χ1n) is 7.21. The van der Waals surface area contributed by atoms with Gasteiger partial charge >= 0.3 is 5.97 Å². The van der Waals surface area contributed by atoms with Crippen LogP contribution in [0.15, 0.2) is 12.7 Å². The minimum atomic E-state index is -0.346. The molecule has 0 N–H and O–H groups in total. The zero-order valence-corrected chi connectivity index (χ0v) is 11.9. The van der Waals surface area contributed by atoms with E-state index in [9.17, 15) is 9.59 Å². The molecule has 0 unspecified atom stereocenters. The fourth-order valence-electron chi connectivity index (χ4n) is 2.54. The second-order valence-electron chi connectivity index (χ2n) is 5.08. The topological polar surface area (TPSA) is 46.6 Å². The van der Waals surface area contributed by atoms with Crippen molar-refractivity contribution in [1.29, 1.82) is 0 Å². The molecule has 19 heavy (non-hydrogen) atoms. The van der Waals surface area contributed by atoms with Gasteiger partial charge in [0.1, 0.15) is 6.54 Å². The highest BCUT2D eigenvalue weighted by molar-refractivity contribution is 5.82. The van der Waals surface area contributed by atoms with Gasteiger partial charge in [-0.3, -0.25) is 9.59 Å². The molecular formula is C15H25NO3. The van der Waals surface area contributed by atoms with Gasteiger partial charge in [0.05, 0.1) is 6.61 Å². The van der Waals surface area contributed by atoms with E-state index in [1.54, 1.807) is 17.9 Å². The van der Waals surface area contributed by atoms with Gasteiger partial charge in [-0.05, 0) is 25.7 Å². The van der Waals surface area contributed by atoms with Gasteiger partial charge < -0.3 is 9.64 Å². The molecule has 0 aromatic carbocycles. The maximum absolute atomic E-state index is 12.2. The lowest BCUT2D eigenvalue weighted by atomic mass is 9.86. The highest BCUT2D eigenvalue weighted by Crippen LogP contribution is 2.26. The van der Waals surface area contributed by atoms with Crippen molar-refractivity contribution in [3.05, 3.63) is 12.7 Å². The predicted octanol–water partition coefficient (Wildman–Crippen LogP) is 2.53. The van der Waals surface area contributed by atoms with E-state index in [1.807, 2.05) is 0 Å². The van der Waals surface area contributed by atoms with Crippen molar-refractivity contribution < 1.29 is 14.3 Å². The van der Waals surface area contributed by atoms with Crippen LogP contribution in [0.25, 0.3) is 0 Å². The molecule has 108 valence electrons. The molecule has 0 aromatic rings. The summed E-state index contributed by atoms with van der Waals surface area (Å²) >= 11 is 0. The van der Waals surface area contributed by atoms with Gasteiger partial charge in [-0.2, -0.15) is 0 Å². The minimum absolute atomic E-state index is 0.0331. The molecular weight excluding hydrogens is 242 g/mol. The molecule has 0 saturated heterocycles. The van der Waals surface area contributed by atoms with E-state index >= 15 is 0 Å². The second kappa shape index (κ2) is 8.73. The Hall–Kier alpha value is -1.32. The molecule has 1 rings (SSSR count). The molecule has 0 radical (unpaired) electrons. The largest absolute Gasteiger partial charge is 0.465 e. The molecule has 4 nitrogen and oxygen atoms in total. The van der Waals surface area contributed by atoms with Crippen LogP contribution in [-0.4, -0.2) is 36.5 Å². The van der Waals surface area contributed by atoms with Gasteiger partial charge in [0.25, 0.3) is 0 Å². The maximum atomic E-state index is 12.2. The van der Waals surface area contributed by atoms with Crippen molar-refractivity contribution in [1.82, 2.24) is 4.90 Å². The number of hydrogen-bond acceptors (Lipinski definition) is 3. The monoisotopic (exact) mass is 267 g/mol. The summed E-state index contributed by atoms with van der Waals surface area (Å²) in [7, 11) is 0. The lowest BCUT2D eigenvalue weighted by Crippen LogP contribution is -2.37. The van der Waals surface area contributed by atoms with Crippen molar-refractivity contribution in [3.63, 3.8) is 0 Å². The van der Waals surface area contributed by atoms with Crippen LogP contribution in [0.2, 0.25) is 0 Å². The maximum Gasteiger partial charge on any atom is 0.325 e. The molecule has 1 aliphatic rings. The molecule has 0 atom stereocenters. The zero-order chi connectivity index (χ0) is 14.1. The molecule has 0 heterocycles. The highest BCUT2D eigenvalue weighted by atomic mass is 16.5. The third kappa shape index (κ3) is 5.90. The lowest BCUT2D eigenvalue weighted by molar-refractivity contribution is -0.149. The third-order valence-electron chi connectivity index (χ3n) is 3.52. The average Bonchev–Trinajstić information content (AvgIpc) is 2.39. The van der Waals surface area contributed by atoms with Crippen LogP contribution in [0, 0.1) is 5.92 Å². The zero-order valence-electron chi connectivity index (χ0n) is 11.9. The predicted molar refractivity (Wildman–Crippen MR) is 74.6 cm³/mol. The number of hydrogen-bond donors (Lipinski definition) is 0. The van der Waals surface area contributed by atoms with Crippen LogP contribution >= 0.6 is 0 Å². The van der Waals surface area contributed by atoms with Crippen LogP contribution in [0.5, 0.6) is 0 Å². The standard InChI is InChI=1S/C15H25NO3/c1-3-10-16(12-15(18)19-4-2)14(17)11-13-8-6-5-7-9-13/h3,13H,1,4-12H2,2H3. The van der Waals surface area contributed by atoms with Gasteiger partial charge in [-0.15, -0.1) is 6.58 Å². The van der Waals surface area contributed by atoms with Gasteiger partial charge in [0, 0.05) is 13.0 Å². The summed E-state index contributed by atoms with van der Waals surface area (Å²) in [5, 5.41) is 0. The first-order valence-corrected chi connectivity index (χ1v) is 7.21. The Morgan fingerprint density at radius 3 is 2.58 bits per heavy atom. The Kier molecular flexibility index (Phi) is 7.23. The van der Waals surface area contributed by atoms with Crippen molar-refractivity contribution in [2.24, 2.45) is 5.92 Å². The summed E-state index contributed by atoms with van der Waals surface area (Å²) in [6, 6.07) is 0. The van der Waals surface area contributed by atoms with Crippen LogP contribution in [0.3, 0.4) is 0 Å². The van der Waals surface area contributed by atoms with E-state index in [0.29, 0.717) is 25.5 Å². The molecule has 0 bridgehead atoms. The van der Waals surface area contributed by atoms with E-state index in [1.165, 1.54) is 19.3 Å². The number of ether oxygens (including phenoxy) is 1. The molecule has 1 aliphatic carbocycles. The van der Waals surface area contributed by atoms with Crippen molar-refractivity contribution in [2.75, 3.05) is 19.7 Å². The molecule has 4 heteroatoms. The van der Waals surface area contributed by atoms with Gasteiger partial charge in [0.2, 0.25) is 5.91 Å². The van der Waals surface area contributed by atoms with Crippen LogP contribution in [0.4, 0.5) is 0 Å². The van der Waals surface area contributed by atoms with E-state index in [0.717, 1.165) is 12.8 Å². The van der Waals surface area contributed by atoms with Gasteiger partial charge in [0.15, 0.2) is 0 Å². The van der Waals surface area contributed by atoms with E-state index in [2.05, 4.69) is 6.58 Å². The SMILES string of the molecule is C=CCN(CC(=O)OCC)C(=O)CC1CCCCC1. The summed E-state index contributed by atoms with van der Waals surface area (Å²) in [6.45, 7) is 6.19. The third-order valence-corrected chi connectivity index (χ3v) is 3.52. The summed E-state index contributed by atoms with van der Waals surface area (Å²) in [5.74, 6) is 0.178. The minimum Gasteiger partial charge on any atom is -0.465 e. The summed E-state index contributed by atoms with van der Waals surface area (Å²) in [6.07, 6.45) is 8.18. The summed E-state index contributed by atoms with van der Waals surface area (Å²) in [4.78, 5) is 25.2. The van der Waals surface area contributed by atoms with Crippen molar-refractivity contribution in [2.45, 2.75) is 45.4 Å². The number of rotatable bonds is 7. The first kappa shape index (κ1) is 15.7. The van der Waals surface area contributed by atoms with Gasteiger partial charge in [-0.25, -0.2) is 0 Å². The average molecular weight is 267 g/mol. The normalized spacial score (nSPS) is 15.8. The smallest absolute Gasteiger partial charge is 0.325 e. The van der Waals surface area contributed by atoms with E-state index in [-0.39, 0.29) is 18.4 Å². The van der Waals surface area contributed by atoms with Crippen LogP contribution < -0.4 is 0 Å². The highest BCUT2D eigenvalue weighted by Gasteiger charge is 2.22. The Balaban J connectivity index is 2.46. The van der Waals surface area contributed by atoms with E-state index < -0.39 is 0 Å². The number of carbonyl (C=O) groups excluding carboxylic acids is 2. The lowest BCUT2D eigenvalue weighted by Gasteiger charge is -2.25. The Morgan fingerprint density at radius 2 is 2.00 bits per heavy atom. The molecule has 0 aromatic heterocycles. The Bertz CT molecular complexity index is 309. The van der Waals surface area contributed by atoms with E-state index in [4.69, 9.17) is 4.74 Å². The molecule has 0 aliphatic heterocycles. The fourth-order valence-corrected chi connectivity index (χ4v) is 2.54. The molecule has 0 spiro atoms. The quantitative estimate of drug-likeness (QED) is 0.526. The number of nitrogens with zero attached hydrogens (tertiary/aromatic N) is 1. The number of esters is 1. The summed E-state index contributed by atoms with van der Waals surface area (Å²) < 4.78 is 4.89. The fraction of sp³-hybridized carbons (Fsp3) is 0.733. The Labute approximate surface area is 115 Å². The van der Waals surface area contributed by atoms with Crippen molar-refractivity contribution in [3.8, 4) is 0 Å². The molecule has 1 saturated carbocycles. The number of amides is 1. The number of carbonyl (C=O) groups is 2. The van der Waals surface area contributed by atoms with Crippen molar-refractivity contribution >= 4 is 11.9 Å². The van der Waals surface area contributed by atoms with Crippen LogP contribution in [0.1, 0.15) is 45.4 Å². The molecule has 1 fully saturated rings. The first-order chi connectivity index (χ1) is 9.17. The van der Waals surface area contributed by atoms with Crippen LogP contribution in [-0.2, 0) is 14.3 Å². The summed E-state index contributed by atoms with van der Waals surface area (Å²) in [5.41, 5.74) is 0. The van der Waals surface area contributed by atoms with Gasteiger partial charge in [-0.1, -0.05) is 25.3 Å². The second-order valence-corrected chi connectivity index (χ2v) is 5.08. The molecule has 1 amide bonds. The Morgan fingerprint density at radius 1 is 1.32 bits per heavy atom.